The Morgan fingerprint density at radius 1 is 0.0923 bits per heavy atom. The van der Waals surface area contributed by atoms with Crippen LogP contribution in [0.4, 0.5) is 0 Å². The van der Waals surface area contributed by atoms with Crippen LogP contribution >= 0.6 is 0 Å². The monoisotopic (exact) mass is 2230 g/mol. The van der Waals surface area contributed by atoms with Crippen molar-refractivity contribution in [3.05, 3.63) is 153 Å². The summed E-state index contributed by atoms with van der Waals surface area (Å²) in [5.41, 5.74) is 0. The zero-order valence-electron chi connectivity index (χ0n) is 69.6. The van der Waals surface area contributed by atoms with Crippen molar-refractivity contribution in [1.82, 2.24) is 0 Å². The average Bonchev–Trinajstić information content (AvgIpc) is 2.02. The standard InChI is InChI=1S/5C10H20O5.5Cu.10NO3.10H2O/c5*1-2-12-5-6-14-9-10-15-8-7-13-4-3-11-1;;;;;;10*2-1(3)4;;;;;;;;;;/h5*1-10H2;;;;;;;;;;;;;;;;10*1H2/q;;;;;5*+2;10*-1;;;;;;;;;;/p+10. The molecule has 0 spiro atoms. The summed E-state index contributed by atoms with van der Waals surface area (Å²) in [5.74, 6) is 0. The third-order valence-electron chi connectivity index (χ3n) is 9.30. The molecule has 30 N–H and O–H groups in total. The van der Waals surface area contributed by atoms with E-state index in [1.165, 1.54) is 0 Å². The molecular weight excluding hydrogens is 2100 g/mol. The smallest absolute Gasteiger partial charge is 0.457 e. The van der Waals surface area contributed by atoms with Crippen molar-refractivity contribution in [2.45, 2.75) is 0 Å². The van der Waals surface area contributed by atoms with Gasteiger partial charge in [0.05, 0.1) is 381 Å². The fourth-order valence-electron chi connectivity index (χ4n) is 5.50. The molecule has 0 atom stereocenters. The Hall–Kier alpha value is -6.80. The molecule has 5 saturated heterocycles. The predicted octanol–water partition coefficient (Wildman–Crippen LogP) is -11.2. The van der Waals surface area contributed by atoms with Gasteiger partial charge in [-0.25, -0.2) is 0 Å². The van der Waals surface area contributed by atoms with Gasteiger partial charge < -0.3 is 326 Å². The Labute approximate surface area is 789 Å². The van der Waals surface area contributed by atoms with E-state index in [4.69, 9.17) is 272 Å². The third kappa shape index (κ3) is 376. The normalized spacial score (nSPS) is 15.7. The van der Waals surface area contributed by atoms with Crippen molar-refractivity contribution >= 4 is 0 Å². The molecular formula is C50H130Cu5N10O65+10. The number of hydrogen-bond donors (Lipinski definition) is 0. The van der Waals surface area contributed by atoms with Crippen molar-refractivity contribution in [3.63, 3.8) is 0 Å². The van der Waals surface area contributed by atoms with Crippen molar-refractivity contribution in [2.75, 3.05) is 330 Å². The minimum Gasteiger partial charge on any atom is -0.457 e. The van der Waals surface area contributed by atoms with Gasteiger partial charge in [-0.15, -0.1) is 0 Å². The summed E-state index contributed by atoms with van der Waals surface area (Å²) < 4.78 is 132. The molecule has 0 aromatic carbocycles. The first-order chi connectivity index (χ1) is 54.8. The molecule has 0 amide bonds. The number of nitrogens with zero attached hydrogens (tertiary/aromatic N) is 10. The zero-order valence-corrected chi connectivity index (χ0v) is 74.3. The molecule has 0 bridgehead atoms. The average molecular weight is 2230 g/mol. The molecule has 0 saturated carbocycles. The van der Waals surface area contributed by atoms with Gasteiger partial charge in [-0.05, 0) is 0 Å². The van der Waals surface area contributed by atoms with E-state index in [1.54, 1.807) is 0 Å². The van der Waals surface area contributed by atoms with E-state index in [9.17, 15) is 0 Å². The van der Waals surface area contributed by atoms with Crippen LogP contribution in [-0.4, -0.2) is 381 Å². The molecule has 0 aromatic heterocycles. The van der Waals surface area contributed by atoms with Crippen LogP contribution in [-0.2, 0) is 259 Å². The molecule has 0 aromatic rings. The Kier molecular flexibility index (Phi) is 273. The van der Waals surface area contributed by atoms with Crippen LogP contribution in [0.3, 0.4) is 0 Å². The van der Waals surface area contributed by atoms with E-state index in [-0.39, 0.29) is 140 Å². The van der Waals surface area contributed by atoms with Crippen LogP contribution in [0.2, 0.25) is 0 Å². The first-order valence-electron chi connectivity index (χ1n) is 32.4. The van der Waals surface area contributed by atoms with Gasteiger partial charge in [-0.3, -0.25) is 0 Å². The topological polar surface area (TPSA) is 1220 Å². The second-order valence-corrected chi connectivity index (χ2v) is 17.5. The molecule has 5 rings (SSSR count). The van der Waals surface area contributed by atoms with Gasteiger partial charge in [-0.1, -0.05) is 0 Å². The summed E-state index contributed by atoms with van der Waals surface area (Å²) in [6, 6.07) is 0. The maximum atomic E-state index is 8.25. The quantitative estimate of drug-likeness (QED) is 0.0940. The van der Waals surface area contributed by atoms with E-state index in [0.29, 0.717) is 330 Å². The van der Waals surface area contributed by atoms with Crippen molar-refractivity contribution < 1.29 is 309 Å². The molecule has 815 valence electrons. The molecule has 5 radical (unpaired) electrons. The predicted molar refractivity (Wildman–Crippen MR) is 423 cm³/mol. The van der Waals surface area contributed by atoms with Crippen molar-refractivity contribution in [1.29, 1.82) is 0 Å². The molecule has 5 aliphatic rings. The molecule has 0 unspecified atom stereocenters. The van der Waals surface area contributed by atoms with Gasteiger partial charge in [0, 0.05) is 0 Å². The van der Waals surface area contributed by atoms with Gasteiger partial charge in [-0.2, -0.15) is 0 Å². The first-order valence-corrected chi connectivity index (χ1v) is 32.4. The summed E-state index contributed by atoms with van der Waals surface area (Å²) in [4.78, 5) is 82.5. The second kappa shape index (κ2) is 186. The second-order valence-electron chi connectivity index (χ2n) is 17.5. The SMILES string of the molecule is C1COCCOCCOCCOCCO1.C1COCCOCCOCCOCCO1.C1COCCOCCOCCOCCO1.C1COCCOCCOCCOCCO1.C1COCCOCCOCCOCCO1.O=[N+]([O-])[O-].O=[N+]([O-])[O-].O=[N+]([O-])[O-].O=[N+]([O-])[O-].O=[N+]([O-])[O-].O=[N+]([O-])[O-].O=[N+]([O-])[O-].O=[N+]([O-])[O-].O=[N+]([O-])[O-].O=[N+]([O-])[O-].[Cu+2].[Cu+2].[Cu+2].[Cu+2].[Cu+2].[OH3+].[OH3+].[OH3+].[OH3+].[OH3+].[OH3+].[OH3+].[OH3+].[OH3+].[OH3+]. The fourth-order valence-corrected chi connectivity index (χ4v) is 5.50. The minimum absolute atomic E-state index is 0. The Bertz CT molecular complexity index is 1360. The first kappa shape index (κ1) is 191. The van der Waals surface area contributed by atoms with Gasteiger partial charge in [0.1, 0.15) is 0 Å². The summed E-state index contributed by atoms with van der Waals surface area (Å²) in [7, 11) is 0. The molecule has 130 heavy (non-hydrogen) atoms. The maximum Gasteiger partial charge on any atom is 2.00 e. The van der Waals surface area contributed by atoms with Gasteiger partial charge in [0.2, 0.25) is 0 Å². The molecule has 0 aliphatic carbocycles. The summed E-state index contributed by atoms with van der Waals surface area (Å²) in [6.07, 6.45) is 0. The number of rotatable bonds is 0. The van der Waals surface area contributed by atoms with Crippen LogP contribution in [0.1, 0.15) is 0 Å². The Balaban J connectivity index is -0.0000000406. The minimum atomic E-state index is -1.75. The van der Waals surface area contributed by atoms with Crippen LogP contribution in [0, 0.1) is 153 Å². The number of hydrogen-bond acceptors (Lipinski definition) is 55. The van der Waals surface area contributed by atoms with Crippen molar-refractivity contribution in [2.24, 2.45) is 0 Å². The van der Waals surface area contributed by atoms with Gasteiger partial charge in [0.15, 0.2) is 0 Å². The number of ether oxygens (including phenoxy) is 25. The van der Waals surface area contributed by atoms with Crippen LogP contribution in [0.5, 0.6) is 0 Å². The summed E-state index contributed by atoms with van der Waals surface area (Å²) in [6.45, 7) is 30.5. The van der Waals surface area contributed by atoms with E-state index >= 15 is 0 Å². The van der Waals surface area contributed by atoms with Crippen LogP contribution in [0.15, 0.2) is 0 Å². The van der Waals surface area contributed by atoms with E-state index in [2.05, 4.69) is 0 Å². The molecule has 80 heteroatoms. The van der Waals surface area contributed by atoms with Crippen LogP contribution < -0.4 is 0 Å². The molecule has 5 aliphatic heterocycles. The molecule has 75 nitrogen and oxygen atoms in total. The van der Waals surface area contributed by atoms with Crippen LogP contribution in [0.25, 0.3) is 0 Å². The zero-order chi connectivity index (χ0) is 88.8. The molecule has 5 heterocycles. The van der Waals surface area contributed by atoms with Gasteiger partial charge >= 0.3 is 85.3 Å². The summed E-state index contributed by atoms with van der Waals surface area (Å²) >= 11 is 0. The third-order valence-corrected chi connectivity index (χ3v) is 9.30. The van der Waals surface area contributed by atoms with E-state index in [1.807, 2.05) is 0 Å². The van der Waals surface area contributed by atoms with E-state index < -0.39 is 50.9 Å². The fraction of sp³-hybridized carbons (Fsp3) is 1.00. The van der Waals surface area contributed by atoms with Gasteiger partial charge in [0.25, 0.3) is 0 Å². The Morgan fingerprint density at radius 2 is 0.108 bits per heavy atom. The molecule has 5 fully saturated rings. The summed E-state index contributed by atoms with van der Waals surface area (Å²) in [5, 5.41) is 148. The maximum absolute atomic E-state index is 8.25. The largest absolute Gasteiger partial charge is 2.00 e. The van der Waals surface area contributed by atoms with E-state index in [0.717, 1.165) is 0 Å². The van der Waals surface area contributed by atoms with Crippen molar-refractivity contribution in [3.8, 4) is 0 Å². The Morgan fingerprint density at radius 3 is 0.123 bits per heavy atom.